The average molecular weight is 239 g/mol. The second-order valence-corrected chi connectivity index (χ2v) is 4.74. The molecule has 0 bridgehead atoms. The highest BCUT2D eigenvalue weighted by Gasteiger charge is 2.12. The van der Waals surface area contributed by atoms with E-state index >= 15 is 0 Å². The Bertz CT molecular complexity index is 483. The van der Waals surface area contributed by atoms with E-state index in [1.54, 1.807) is 24.5 Å². The van der Waals surface area contributed by atoms with E-state index in [1.807, 2.05) is 13.1 Å². The van der Waals surface area contributed by atoms with Gasteiger partial charge in [-0.05, 0) is 30.6 Å². The van der Waals surface area contributed by atoms with E-state index in [0.717, 1.165) is 10.1 Å². The van der Waals surface area contributed by atoms with Crippen molar-refractivity contribution in [2.75, 3.05) is 20.8 Å². The number of fused-ring (bicyclic) bond motifs is 1. The fourth-order valence-electron chi connectivity index (χ4n) is 1.67. The van der Waals surface area contributed by atoms with Crippen molar-refractivity contribution in [1.82, 2.24) is 5.32 Å². The lowest BCUT2D eigenvalue weighted by Gasteiger charge is -2.12. The number of likely N-dealkylation sites (N-methyl/N-ethyl adjacent to an activating group) is 1. The normalized spacial score (nSPS) is 13.2. The van der Waals surface area contributed by atoms with Crippen molar-refractivity contribution < 1.29 is 9.13 Å². The first-order chi connectivity index (χ1) is 7.74. The first kappa shape index (κ1) is 11.5. The summed E-state index contributed by atoms with van der Waals surface area (Å²) in [5, 5.41) is 4.27. The van der Waals surface area contributed by atoms with Gasteiger partial charge in [0, 0.05) is 16.7 Å². The zero-order valence-electron chi connectivity index (χ0n) is 9.29. The van der Waals surface area contributed by atoms with Gasteiger partial charge in [-0.2, -0.15) is 0 Å². The summed E-state index contributed by atoms with van der Waals surface area (Å²) in [6, 6.07) is 7.13. The summed E-state index contributed by atoms with van der Waals surface area (Å²) in [7, 11) is 3.58. The van der Waals surface area contributed by atoms with Crippen LogP contribution in [0, 0.1) is 5.82 Å². The Labute approximate surface area is 98.0 Å². The minimum absolute atomic E-state index is 0.172. The van der Waals surface area contributed by atoms with Crippen molar-refractivity contribution in [3.8, 4) is 0 Å². The molecule has 86 valence electrons. The minimum atomic E-state index is -0.186. The molecule has 1 aromatic heterocycles. The van der Waals surface area contributed by atoms with E-state index in [1.165, 1.54) is 10.9 Å². The summed E-state index contributed by atoms with van der Waals surface area (Å²) in [6.45, 7) is 0.617. The van der Waals surface area contributed by atoms with Crippen LogP contribution in [0.3, 0.4) is 0 Å². The number of thiophene rings is 1. The molecule has 1 heterocycles. The van der Waals surface area contributed by atoms with Gasteiger partial charge in [0.25, 0.3) is 0 Å². The molecular formula is C12H14FNOS. The Morgan fingerprint density at radius 3 is 2.94 bits per heavy atom. The average Bonchev–Trinajstić information content (AvgIpc) is 2.68. The molecule has 0 aliphatic heterocycles. The Hall–Kier alpha value is -0.970. The third kappa shape index (κ3) is 2.24. The molecule has 2 aromatic rings. The van der Waals surface area contributed by atoms with Gasteiger partial charge in [0.1, 0.15) is 5.82 Å². The van der Waals surface area contributed by atoms with Crippen LogP contribution in [0.25, 0.3) is 10.1 Å². The fourth-order valence-corrected chi connectivity index (χ4v) is 2.86. The van der Waals surface area contributed by atoms with Crippen molar-refractivity contribution in [3.05, 3.63) is 35.0 Å². The standard InChI is InChI=1S/C12H14FNOS/c1-14-10(7-15-2)12-5-8-3-4-9(13)6-11(8)16-12/h3-6,10,14H,7H2,1-2H3. The SMILES string of the molecule is CNC(COC)c1cc2ccc(F)cc2s1. The Balaban J connectivity index is 2.37. The first-order valence-corrected chi connectivity index (χ1v) is 5.91. The lowest BCUT2D eigenvalue weighted by atomic mass is 10.2. The predicted molar refractivity (Wildman–Crippen MR) is 65.5 cm³/mol. The van der Waals surface area contributed by atoms with Crippen LogP contribution >= 0.6 is 11.3 Å². The van der Waals surface area contributed by atoms with E-state index in [9.17, 15) is 4.39 Å². The molecule has 1 atom stereocenters. The summed E-state index contributed by atoms with van der Waals surface area (Å²) in [5.41, 5.74) is 0. The largest absolute Gasteiger partial charge is 0.383 e. The van der Waals surface area contributed by atoms with E-state index in [2.05, 4.69) is 11.4 Å². The second kappa shape index (κ2) is 4.91. The summed E-state index contributed by atoms with van der Waals surface area (Å²) in [5.74, 6) is -0.186. The van der Waals surface area contributed by atoms with E-state index < -0.39 is 0 Å². The highest BCUT2D eigenvalue weighted by molar-refractivity contribution is 7.19. The van der Waals surface area contributed by atoms with Crippen molar-refractivity contribution in [2.45, 2.75) is 6.04 Å². The summed E-state index contributed by atoms with van der Waals surface area (Å²) in [4.78, 5) is 1.17. The number of halogens is 1. The maximum atomic E-state index is 13.0. The van der Waals surface area contributed by atoms with Crippen LogP contribution in [0.15, 0.2) is 24.3 Å². The molecule has 0 spiro atoms. The molecule has 2 nitrogen and oxygen atoms in total. The van der Waals surface area contributed by atoms with Gasteiger partial charge in [-0.15, -0.1) is 11.3 Å². The molecule has 4 heteroatoms. The minimum Gasteiger partial charge on any atom is -0.383 e. The highest BCUT2D eigenvalue weighted by atomic mass is 32.1. The van der Waals surface area contributed by atoms with Crippen LogP contribution < -0.4 is 5.32 Å². The number of rotatable bonds is 4. The van der Waals surface area contributed by atoms with Gasteiger partial charge >= 0.3 is 0 Å². The lowest BCUT2D eigenvalue weighted by Crippen LogP contribution is -2.19. The third-order valence-corrected chi connectivity index (χ3v) is 3.74. The number of methoxy groups -OCH3 is 1. The smallest absolute Gasteiger partial charge is 0.124 e. The van der Waals surface area contributed by atoms with E-state index in [0.29, 0.717) is 6.61 Å². The predicted octanol–water partition coefficient (Wildman–Crippen LogP) is 2.95. The van der Waals surface area contributed by atoms with Crippen molar-refractivity contribution in [1.29, 1.82) is 0 Å². The van der Waals surface area contributed by atoms with Crippen LogP contribution in [0.2, 0.25) is 0 Å². The molecule has 16 heavy (non-hydrogen) atoms. The lowest BCUT2D eigenvalue weighted by molar-refractivity contribution is 0.171. The zero-order valence-corrected chi connectivity index (χ0v) is 10.1. The Morgan fingerprint density at radius 2 is 2.25 bits per heavy atom. The fraction of sp³-hybridized carbons (Fsp3) is 0.333. The summed E-state index contributed by atoms with van der Waals surface area (Å²) >= 11 is 1.60. The highest BCUT2D eigenvalue weighted by Crippen LogP contribution is 2.30. The molecule has 0 aliphatic rings. The van der Waals surface area contributed by atoms with E-state index in [4.69, 9.17) is 4.74 Å². The number of hydrogen-bond acceptors (Lipinski definition) is 3. The summed E-state index contributed by atoms with van der Waals surface area (Å²) in [6.07, 6.45) is 0. The number of benzene rings is 1. The van der Waals surface area contributed by atoms with Gasteiger partial charge in [0.15, 0.2) is 0 Å². The van der Waals surface area contributed by atoms with Gasteiger partial charge in [-0.25, -0.2) is 4.39 Å². The van der Waals surface area contributed by atoms with Gasteiger partial charge < -0.3 is 10.1 Å². The van der Waals surface area contributed by atoms with Crippen LogP contribution in [0.5, 0.6) is 0 Å². The molecule has 0 fully saturated rings. The van der Waals surface area contributed by atoms with Crippen molar-refractivity contribution in [3.63, 3.8) is 0 Å². The Kier molecular flexibility index (Phi) is 3.53. The molecule has 1 aromatic carbocycles. The van der Waals surface area contributed by atoms with E-state index in [-0.39, 0.29) is 11.9 Å². The van der Waals surface area contributed by atoms with Gasteiger partial charge in [-0.3, -0.25) is 0 Å². The maximum Gasteiger partial charge on any atom is 0.124 e. The zero-order chi connectivity index (χ0) is 11.5. The monoisotopic (exact) mass is 239 g/mol. The van der Waals surface area contributed by atoms with Crippen LogP contribution in [-0.2, 0) is 4.74 Å². The molecule has 0 saturated heterocycles. The molecule has 2 rings (SSSR count). The third-order valence-electron chi connectivity index (χ3n) is 2.53. The maximum absolute atomic E-state index is 13.0. The number of hydrogen-bond donors (Lipinski definition) is 1. The molecule has 0 saturated carbocycles. The molecular weight excluding hydrogens is 225 g/mol. The van der Waals surface area contributed by atoms with Gasteiger partial charge in [0.2, 0.25) is 0 Å². The number of ether oxygens (including phenoxy) is 1. The van der Waals surface area contributed by atoms with Crippen molar-refractivity contribution >= 4 is 21.4 Å². The number of nitrogens with one attached hydrogen (secondary N) is 1. The Morgan fingerprint density at radius 1 is 1.44 bits per heavy atom. The van der Waals surface area contributed by atoms with Crippen molar-refractivity contribution in [2.24, 2.45) is 0 Å². The molecule has 1 unspecified atom stereocenters. The van der Waals surface area contributed by atoms with Crippen LogP contribution in [-0.4, -0.2) is 20.8 Å². The quantitative estimate of drug-likeness (QED) is 0.885. The van der Waals surface area contributed by atoms with Crippen LogP contribution in [0.4, 0.5) is 4.39 Å². The molecule has 0 aliphatic carbocycles. The van der Waals surface area contributed by atoms with Gasteiger partial charge in [0.05, 0.1) is 12.6 Å². The topological polar surface area (TPSA) is 21.3 Å². The molecule has 1 N–H and O–H groups in total. The first-order valence-electron chi connectivity index (χ1n) is 5.10. The van der Waals surface area contributed by atoms with Gasteiger partial charge in [-0.1, -0.05) is 6.07 Å². The molecule has 0 amide bonds. The second-order valence-electron chi connectivity index (χ2n) is 3.63. The molecule has 0 radical (unpaired) electrons. The van der Waals surface area contributed by atoms with Crippen LogP contribution in [0.1, 0.15) is 10.9 Å². The summed E-state index contributed by atoms with van der Waals surface area (Å²) < 4.78 is 19.2.